The first-order chi connectivity index (χ1) is 15.3. The summed E-state index contributed by atoms with van der Waals surface area (Å²) < 4.78 is 36.3. The molecule has 0 radical (unpaired) electrons. The molecule has 2 aromatic heterocycles. The second-order valence-electron chi connectivity index (χ2n) is 8.20. The van der Waals surface area contributed by atoms with Gasteiger partial charge in [-0.05, 0) is 37.8 Å². The molecule has 5 rings (SSSR count). The molecular formula is C21H22F2N6O2S. The van der Waals surface area contributed by atoms with E-state index in [9.17, 15) is 13.6 Å². The highest BCUT2D eigenvalue weighted by Gasteiger charge is 2.50. The van der Waals surface area contributed by atoms with E-state index in [4.69, 9.17) is 16.2 Å². The molecule has 32 heavy (non-hydrogen) atoms. The number of hydrogen-bond acceptors (Lipinski definition) is 7. The first-order valence-corrected chi connectivity index (χ1v) is 11.1. The largest absolute Gasteiger partial charge is 0.389 e. The average Bonchev–Trinajstić information content (AvgIpc) is 3.42. The lowest BCUT2D eigenvalue weighted by molar-refractivity contribution is -0.0941. The molecule has 0 unspecified atom stereocenters. The number of thiazole rings is 1. The van der Waals surface area contributed by atoms with Crippen LogP contribution >= 0.6 is 11.3 Å². The van der Waals surface area contributed by atoms with Gasteiger partial charge in [-0.25, -0.2) is 13.8 Å². The van der Waals surface area contributed by atoms with Crippen molar-refractivity contribution in [2.75, 3.05) is 11.1 Å². The lowest BCUT2D eigenvalue weighted by Gasteiger charge is -2.37. The first-order valence-electron chi connectivity index (χ1n) is 10.3. The molecule has 1 aromatic carbocycles. The smallest absolute Gasteiger partial charge is 0.277 e. The Balaban J connectivity index is 1.45. The normalized spacial score (nSPS) is 24.6. The highest BCUT2D eigenvalue weighted by atomic mass is 32.1. The standard InChI is InChI=1S/C21H22F2N6O2S/c1-29-17(21-7-5-12(24)14(31-21)6-8-21)13(9-26-29)27-19(30)16-18(25)32-20(28-16)15-10(22)3-2-4-11(15)23/h2-4,9,12,14H,5-8,24-25H2,1H3,(H,27,30)/t12-,14-,21+/m1/s1. The van der Waals surface area contributed by atoms with Crippen molar-refractivity contribution in [3.8, 4) is 10.6 Å². The van der Waals surface area contributed by atoms with Crippen LogP contribution in [0.25, 0.3) is 10.6 Å². The van der Waals surface area contributed by atoms with Crippen molar-refractivity contribution < 1.29 is 18.3 Å². The molecule has 11 heteroatoms. The molecule has 5 N–H and O–H groups in total. The maximum absolute atomic E-state index is 14.2. The number of hydrogen-bond donors (Lipinski definition) is 3. The minimum atomic E-state index is -0.775. The number of rotatable bonds is 4. The molecular weight excluding hydrogens is 438 g/mol. The molecule has 2 aliphatic heterocycles. The molecule has 2 fully saturated rings. The summed E-state index contributed by atoms with van der Waals surface area (Å²) in [5.41, 5.74) is 12.4. The van der Waals surface area contributed by atoms with Gasteiger partial charge in [0.25, 0.3) is 5.91 Å². The van der Waals surface area contributed by atoms with Crippen molar-refractivity contribution in [1.82, 2.24) is 14.8 Å². The monoisotopic (exact) mass is 460 g/mol. The fourth-order valence-electron chi connectivity index (χ4n) is 4.70. The predicted molar refractivity (Wildman–Crippen MR) is 116 cm³/mol. The number of anilines is 2. The maximum Gasteiger partial charge on any atom is 0.277 e. The first kappa shape index (κ1) is 21.0. The fourth-order valence-corrected chi connectivity index (χ4v) is 5.58. The van der Waals surface area contributed by atoms with Crippen LogP contribution in [0.4, 0.5) is 19.5 Å². The Morgan fingerprint density at radius 3 is 2.78 bits per heavy atom. The number of nitrogens with two attached hydrogens (primary N) is 2. The van der Waals surface area contributed by atoms with Crippen LogP contribution in [0, 0.1) is 11.6 Å². The van der Waals surface area contributed by atoms with Crippen molar-refractivity contribution >= 4 is 27.9 Å². The average molecular weight is 461 g/mol. The molecule has 1 amide bonds. The van der Waals surface area contributed by atoms with Crippen molar-refractivity contribution in [3.05, 3.63) is 47.4 Å². The third kappa shape index (κ3) is 3.28. The van der Waals surface area contributed by atoms with Crippen LogP contribution in [0.5, 0.6) is 0 Å². The van der Waals surface area contributed by atoms with Gasteiger partial charge in [-0.3, -0.25) is 9.48 Å². The minimum absolute atomic E-state index is 0.00325. The quantitative estimate of drug-likeness (QED) is 0.550. The van der Waals surface area contributed by atoms with E-state index in [1.54, 1.807) is 17.9 Å². The van der Waals surface area contributed by atoms with Crippen LogP contribution in [-0.4, -0.2) is 32.8 Å². The summed E-state index contributed by atoms with van der Waals surface area (Å²) in [5.74, 6) is -2.14. The molecule has 3 atom stereocenters. The van der Waals surface area contributed by atoms with E-state index in [0.717, 1.165) is 54.8 Å². The van der Waals surface area contributed by atoms with Gasteiger partial charge < -0.3 is 21.5 Å². The molecule has 0 saturated carbocycles. The zero-order chi connectivity index (χ0) is 22.6. The lowest BCUT2D eigenvalue weighted by Crippen LogP contribution is -2.43. The van der Waals surface area contributed by atoms with Crippen molar-refractivity contribution in [3.63, 3.8) is 0 Å². The topological polar surface area (TPSA) is 121 Å². The maximum atomic E-state index is 14.2. The Labute approximate surface area is 186 Å². The molecule has 2 bridgehead atoms. The number of carbonyl (C=O) groups excluding carboxylic acids is 1. The molecule has 8 nitrogen and oxygen atoms in total. The molecule has 0 spiro atoms. The highest BCUT2D eigenvalue weighted by molar-refractivity contribution is 7.19. The van der Waals surface area contributed by atoms with Crippen molar-refractivity contribution in [2.45, 2.75) is 43.4 Å². The van der Waals surface area contributed by atoms with Crippen molar-refractivity contribution in [2.24, 2.45) is 12.8 Å². The van der Waals surface area contributed by atoms with E-state index in [1.807, 2.05) is 0 Å². The van der Waals surface area contributed by atoms with Gasteiger partial charge in [-0.1, -0.05) is 17.4 Å². The number of aryl methyl sites for hydroxylation is 1. The Morgan fingerprint density at radius 1 is 1.31 bits per heavy atom. The fraction of sp³-hybridized carbons (Fsp3) is 0.381. The zero-order valence-electron chi connectivity index (χ0n) is 17.3. The van der Waals surface area contributed by atoms with Gasteiger partial charge >= 0.3 is 0 Å². The summed E-state index contributed by atoms with van der Waals surface area (Å²) >= 11 is 0.849. The van der Waals surface area contributed by atoms with E-state index < -0.39 is 23.1 Å². The number of halogens is 2. The molecule has 4 heterocycles. The van der Waals surface area contributed by atoms with E-state index in [2.05, 4.69) is 15.4 Å². The third-order valence-corrected chi connectivity index (χ3v) is 7.13. The van der Waals surface area contributed by atoms with Gasteiger partial charge in [0.1, 0.15) is 27.2 Å². The summed E-state index contributed by atoms with van der Waals surface area (Å²) in [6.45, 7) is 0. The van der Waals surface area contributed by atoms with E-state index in [0.29, 0.717) is 5.69 Å². The van der Waals surface area contributed by atoms with Crippen molar-refractivity contribution in [1.29, 1.82) is 0 Å². The van der Waals surface area contributed by atoms with E-state index >= 15 is 0 Å². The van der Waals surface area contributed by atoms with Gasteiger partial charge in [0.15, 0.2) is 5.69 Å². The minimum Gasteiger partial charge on any atom is -0.389 e. The summed E-state index contributed by atoms with van der Waals surface area (Å²) in [4.78, 5) is 17.1. The van der Waals surface area contributed by atoms with E-state index in [-0.39, 0.29) is 33.4 Å². The molecule has 2 aliphatic rings. The zero-order valence-corrected chi connectivity index (χ0v) is 18.1. The Morgan fingerprint density at radius 2 is 2.03 bits per heavy atom. The van der Waals surface area contributed by atoms with Crippen LogP contribution in [0.1, 0.15) is 41.9 Å². The number of fused-ring (bicyclic) bond motifs is 2. The number of carbonyl (C=O) groups is 1. The highest BCUT2D eigenvalue weighted by Crippen LogP contribution is 2.49. The SMILES string of the molecule is Cn1ncc(NC(=O)c2nc(-c3c(F)cccc3F)sc2N)c1[C@]12CC[C@@H](N)[C@@H](CC1)O2. The van der Waals surface area contributed by atoms with E-state index in [1.165, 1.54) is 6.07 Å². The number of ether oxygens (including phenoxy) is 1. The molecule has 0 aliphatic carbocycles. The number of benzene rings is 1. The summed E-state index contributed by atoms with van der Waals surface area (Å²) in [5, 5.41) is 7.18. The number of amides is 1. The second kappa shape index (κ2) is 7.61. The van der Waals surface area contributed by atoms with Crippen LogP contribution in [0.3, 0.4) is 0 Å². The van der Waals surface area contributed by atoms with Gasteiger partial charge in [0.2, 0.25) is 0 Å². The summed E-state index contributed by atoms with van der Waals surface area (Å²) in [6, 6.07) is 3.52. The van der Waals surface area contributed by atoms with Crippen LogP contribution in [-0.2, 0) is 17.4 Å². The summed E-state index contributed by atoms with van der Waals surface area (Å²) in [7, 11) is 1.79. The third-order valence-electron chi connectivity index (χ3n) is 6.23. The second-order valence-corrected chi connectivity index (χ2v) is 9.24. The number of aromatic nitrogens is 3. The van der Waals surface area contributed by atoms with Crippen LogP contribution in [0.2, 0.25) is 0 Å². The van der Waals surface area contributed by atoms with Gasteiger partial charge in [-0.2, -0.15) is 5.10 Å². The van der Waals surface area contributed by atoms with Crippen LogP contribution < -0.4 is 16.8 Å². The van der Waals surface area contributed by atoms with Gasteiger partial charge in [0, 0.05) is 13.1 Å². The van der Waals surface area contributed by atoms with Gasteiger partial charge in [-0.15, -0.1) is 0 Å². The number of nitrogens with zero attached hydrogens (tertiary/aromatic N) is 3. The number of nitrogen functional groups attached to an aromatic ring is 1. The Kier molecular flexibility index (Phi) is 4.99. The predicted octanol–water partition coefficient (Wildman–Crippen LogP) is 3.15. The molecule has 168 valence electrons. The lowest BCUT2D eigenvalue weighted by atomic mass is 9.89. The molecule has 3 aromatic rings. The molecule has 2 saturated heterocycles. The summed E-state index contributed by atoms with van der Waals surface area (Å²) in [6.07, 6.45) is 4.70. The number of nitrogens with one attached hydrogen (secondary N) is 1. The van der Waals surface area contributed by atoms with Crippen LogP contribution in [0.15, 0.2) is 24.4 Å². The Bertz CT molecular complexity index is 1190. The van der Waals surface area contributed by atoms with Gasteiger partial charge in [0.05, 0.1) is 29.2 Å². The Hall–Kier alpha value is -2.89.